The van der Waals surface area contributed by atoms with Gasteiger partial charge in [0.1, 0.15) is 0 Å². The van der Waals surface area contributed by atoms with Crippen LogP contribution in [-0.4, -0.2) is 43.7 Å². The Morgan fingerprint density at radius 2 is 1.62 bits per heavy atom. The first-order valence-electron chi connectivity index (χ1n) is 9.89. The molecule has 3 rings (SSSR count). The summed E-state index contributed by atoms with van der Waals surface area (Å²) in [6.45, 7) is 3.13. The molecule has 5 nitrogen and oxygen atoms in total. The van der Waals surface area contributed by atoms with Crippen molar-refractivity contribution in [3.8, 4) is 0 Å². The van der Waals surface area contributed by atoms with Crippen molar-refractivity contribution in [2.75, 3.05) is 20.1 Å². The molecular weight excluding hydrogens is 408 g/mol. The molecule has 2 aromatic carbocycles. The Morgan fingerprint density at radius 3 is 2.21 bits per heavy atom. The van der Waals surface area contributed by atoms with Crippen molar-refractivity contribution in [3.05, 3.63) is 64.7 Å². The van der Waals surface area contributed by atoms with Crippen LogP contribution in [0.5, 0.6) is 0 Å². The zero-order valence-electron chi connectivity index (χ0n) is 16.8. The van der Waals surface area contributed by atoms with Crippen LogP contribution in [-0.2, 0) is 21.2 Å². The van der Waals surface area contributed by atoms with E-state index in [0.29, 0.717) is 23.0 Å². The molecule has 7 heteroatoms. The maximum Gasteiger partial charge on any atom is 0.243 e. The maximum atomic E-state index is 12.7. The van der Waals surface area contributed by atoms with Crippen LogP contribution in [0.25, 0.3) is 0 Å². The number of piperidine rings is 1. The van der Waals surface area contributed by atoms with Gasteiger partial charge in [0.25, 0.3) is 0 Å². The van der Waals surface area contributed by atoms with Gasteiger partial charge in [-0.3, -0.25) is 4.79 Å². The highest BCUT2D eigenvalue weighted by molar-refractivity contribution is 7.89. The van der Waals surface area contributed by atoms with E-state index in [-0.39, 0.29) is 18.4 Å². The molecule has 1 fully saturated rings. The number of carbonyl (C=O) groups is 1. The number of hydrogen-bond acceptors (Lipinski definition) is 3. The zero-order valence-corrected chi connectivity index (χ0v) is 18.4. The van der Waals surface area contributed by atoms with Crippen LogP contribution < -0.4 is 0 Å². The fourth-order valence-corrected chi connectivity index (χ4v) is 5.16. The molecule has 0 saturated carbocycles. The van der Waals surface area contributed by atoms with Gasteiger partial charge in [0.2, 0.25) is 15.9 Å². The first-order chi connectivity index (χ1) is 13.8. The van der Waals surface area contributed by atoms with E-state index in [9.17, 15) is 13.2 Å². The highest BCUT2D eigenvalue weighted by Crippen LogP contribution is 2.23. The third kappa shape index (κ3) is 5.18. The lowest BCUT2D eigenvalue weighted by molar-refractivity contribution is -0.131. The highest BCUT2D eigenvalue weighted by Gasteiger charge is 2.26. The van der Waals surface area contributed by atoms with E-state index in [0.717, 1.165) is 30.4 Å². The molecule has 2 aromatic rings. The van der Waals surface area contributed by atoms with E-state index in [1.54, 1.807) is 40.5 Å². The minimum atomic E-state index is -3.45. The van der Waals surface area contributed by atoms with Gasteiger partial charge in [0, 0.05) is 25.2 Å². The molecule has 1 aliphatic rings. The highest BCUT2D eigenvalue weighted by atomic mass is 35.5. The van der Waals surface area contributed by atoms with Gasteiger partial charge in [-0.2, -0.15) is 4.31 Å². The first-order valence-corrected chi connectivity index (χ1v) is 11.7. The molecule has 156 valence electrons. The second kappa shape index (κ2) is 9.28. The summed E-state index contributed by atoms with van der Waals surface area (Å²) < 4.78 is 27.0. The quantitative estimate of drug-likeness (QED) is 0.681. The standard InChI is InChI=1S/C22H27ClN2O3S/c1-17(19-8-10-20(23)11-9-19)24(2)22(26)16-18-6-12-21(13-7-18)29(27,28)25-14-4-3-5-15-25/h6-13,17H,3-5,14-16H2,1-2H3. The molecule has 0 radical (unpaired) electrons. The monoisotopic (exact) mass is 434 g/mol. The summed E-state index contributed by atoms with van der Waals surface area (Å²) in [6.07, 6.45) is 3.11. The SMILES string of the molecule is CC(c1ccc(Cl)cc1)N(C)C(=O)Cc1ccc(S(=O)(=O)N2CCCCC2)cc1. The summed E-state index contributed by atoms with van der Waals surface area (Å²) in [5, 5.41) is 0.662. The van der Waals surface area contributed by atoms with Crippen molar-refractivity contribution in [2.45, 2.75) is 43.5 Å². The van der Waals surface area contributed by atoms with E-state index in [2.05, 4.69) is 0 Å². The summed E-state index contributed by atoms with van der Waals surface area (Å²) in [5.41, 5.74) is 1.80. The average molecular weight is 435 g/mol. The molecule has 0 N–H and O–H groups in total. The van der Waals surface area contributed by atoms with Crippen LogP contribution in [0.15, 0.2) is 53.4 Å². The molecular formula is C22H27ClN2O3S. The Hall–Kier alpha value is -1.89. The zero-order chi connectivity index (χ0) is 21.0. The van der Waals surface area contributed by atoms with Crippen molar-refractivity contribution in [1.82, 2.24) is 9.21 Å². The number of carbonyl (C=O) groups excluding carboxylic acids is 1. The Balaban J connectivity index is 1.65. The number of likely N-dealkylation sites (N-methyl/N-ethyl adjacent to an activating group) is 1. The first kappa shape index (κ1) is 21.8. The van der Waals surface area contributed by atoms with E-state index in [1.807, 2.05) is 31.2 Å². The number of hydrogen-bond donors (Lipinski definition) is 0. The summed E-state index contributed by atoms with van der Waals surface area (Å²) in [7, 11) is -1.67. The van der Waals surface area contributed by atoms with Crippen molar-refractivity contribution in [2.24, 2.45) is 0 Å². The fraction of sp³-hybridized carbons (Fsp3) is 0.409. The van der Waals surface area contributed by atoms with Crippen molar-refractivity contribution >= 4 is 27.5 Å². The molecule has 0 aliphatic carbocycles. The van der Waals surface area contributed by atoms with Gasteiger partial charge in [-0.05, 0) is 55.2 Å². The second-order valence-electron chi connectivity index (χ2n) is 7.52. The van der Waals surface area contributed by atoms with Gasteiger partial charge in [0.05, 0.1) is 17.4 Å². The predicted octanol–water partition coefficient (Wildman–Crippen LogP) is 4.28. The number of benzene rings is 2. The molecule has 1 unspecified atom stereocenters. The van der Waals surface area contributed by atoms with Crippen molar-refractivity contribution < 1.29 is 13.2 Å². The maximum absolute atomic E-state index is 12.7. The Morgan fingerprint density at radius 1 is 1.03 bits per heavy atom. The van der Waals surface area contributed by atoms with Crippen LogP contribution in [0.2, 0.25) is 5.02 Å². The van der Waals surface area contributed by atoms with E-state index in [1.165, 1.54) is 0 Å². The van der Waals surface area contributed by atoms with E-state index in [4.69, 9.17) is 11.6 Å². The molecule has 1 heterocycles. The lowest BCUT2D eigenvalue weighted by Crippen LogP contribution is -2.35. The van der Waals surface area contributed by atoms with Crippen LogP contribution in [0.3, 0.4) is 0 Å². The number of rotatable bonds is 6. The van der Waals surface area contributed by atoms with Crippen molar-refractivity contribution in [3.63, 3.8) is 0 Å². The molecule has 0 bridgehead atoms. The van der Waals surface area contributed by atoms with Gasteiger partial charge in [0.15, 0.2) is 0 Å². The van der Waals surface area contributed by atoms with Gasteiger partial charge >= 0.3 is 0 Å². The van der Waals surface area contributed by atoms with Gasteiger partial charge in [-0.1, -0.05) is 42.3 Å². The molecule has 1 atom stereocenters. The number of halogens is 1. The summed E-state index contributed by atoms with van der Waals surface area (Å²) >= 11 is 5.93. The fourth-order valence-electron chi connectivity index (χ4n) is 3.51. The average Bonchev–Trinajstić information content (AvgIpc) is 2.74. The minimum Gasteiger partial charge on any atom is -0.339 e. The Labute approximate surface area is 178 Å². The minimum absolute atomic E-state index is 0.0286. The third-order valence-corrected chi connectivity index (χ3v) is 7.72. The van der Waals surface area contributed by atoms with Gasteiger partial charge in [-0.25, -0.2) is 8.42 Å². The number of sulfonamides is 1. The summed E-state index contributed by atoms with van der Waals surface area (Å²) in [4.78, 5) is 14.7. The van der Waals surface area contributed by atoms with Crippen LogP contribution in [0, 0.1) is 0 Å². The Kier molecular flexibility index (Phi) is 6.98. The predicted molar refractivity (Wildman–Crippen MR) is 115 cm³/mol. The lowest BCUT2D eigenvalue weighted by Gasteiger charge is -2.26. The molecule has 29 heavy (non-hydrogen) atoms. The van der Waals surface area contributed by atoms with Gasteiger partial charge in [-0.15, -0.1) is 0 Å². The second-order valence-corrected chi connectivity index (χ2v) is 9.89. The molecule has 1 saturated heterocycles. The topological polar surface area (TPSA) is 57.7 Å². The van der Waals surface area contributed by atoms with Crippen LogP contribution in [0.1, 0.15) is 43.4 Å². The smallest absolute Gasteiger partial charge is 0.243 e. The Bertz CT molecular complexity index is 937. The number of nitrogens with zero attached hydrogens (tertiary/aromatic N) is 2. The lowest BCUT2D eigenvalue weighted by atomic mass is 10.1. The molecule has 1 amide bonds. The molecule has 0 aromatic heterocycles. The summed E-state index contributed by atoms with van der Waals surface area (Å²) in [5.74, 6) is -0.0286. The van der Waals surface area contributed by atoms with Crippen LogP contribution in [0.4, 0.5) is 0 Å². The third-order valence-electron chi connectivity index (χ3n) is 5.56. The molecule has 0 spiro atoms. The van der Waals surface area contributed by atoms with Crippen molar-refractivity contribution in [1.29, 1.82) is 0 Å². The van der Waals surface area contributed by atoms with E-state index >= 15 is 0 Å². The van der Waals surface area contributed by atoms with Crippen LogP contribution >= 0.6 is 11.6 Å². The largest absolute Gasteiger partial charge is 0.339 e. The van der Waals surface area contributed by atoms with E-state index < -0.39 is 10.0 Å². The normalized spacial score (nSPS) is 16.4. The summed E-state index contributed by atoms with van der Waals surface area (Å²) in [6, 6.07) is 14.0. The van der Waals surface area contributed by atoms with Gasteiger partial charge < -0.3 is 4.90 Å². The number of amides is 1. The molecule has 1 aliphatic heterocycles.